The first-order chi connectivity index (χ1) is 22.5. The maximum Gasteiger partial charge on any atom is 0.472 e. The van der Waals surface area contributed by atoms with Crippen molar-refractivity contribution in [2.24, 2.45) is 0 Å². The Morgan fingerprint density at radius 3 is 1.04 bits per heavy atom. The zero-order chi connectivity index (χ0) is 35.2. The van der Waals surface area contributed by atoms with E-state index in [0.717, 1.165) is 26.1 Å². The van der Waals surface area contributed by atoms with Crippen LogP contribution in [0.15, 0.2) is 0 Å². The molecule has 10 nitrogen and oxygen atoms in total. The van der Waals surface area contributed by atoms with Crippen LogP contribution in [0.3, 0.4) is 0 Å². The Balaban J connectivity index is 3.92. The van der Waals surface area contributed by atoms with Gasteiger partial charge in [-0.25, -0.2) is 4.57 Å². The molecule has 0 aromatic heterocycles. The largest absolute Gasteiger partial charge is 0.472 e. The van der Waals surface area contributed by atoms with E-state index in [4.69, 9.17) is 37.5 Å². The van der Waals surface area contributed by atoms with Crippen LogP contribution in [0.4, 0.5) is 0 Å². The number of unbranched alkanes of at least 4 members (excludes halogenated alkanes) is 12. The molecule has 0 heterocycles. The van der Waals surface area contributed by atoms with Crippen molar-refractivity contribution in [1.29, 1.82) is 0 Å². The second-order valence-corrected chi connectivity index (χ2v) is 14.6. The van der Waals surface area contributed by atoms with Crippen molar-refractivity contribution in [3.05, 3.63) is 0 Å². The Bertz CT molecular complexity index is 661. The van der Waals surface area contributed by atoms with Gasteiger partial charge in [-0.1, -0.05) is 90.9 Å². The molecule has 0 bridgehead atoms. The molecule has 6 unspecified atom stereocenters. The van der Waals surface area contributed by atoms with Crippen molar-refractivity contribution in [3.63, 3.8) is 0 Å². The third kappa shape index (κ3) is 32.8. The summed E-state index contributed by atoms with van der Waals surface area (Å²) in [6.45, 7) is 19.2. The van der Waals surface area contributed by atoms with Gasteiger partial charge in [0.15, 0.2) is 0 Å². The summed E-state index contributed by atoms with van der Waals surface area (Å²) in [7, 11) is -4.30. The molecule has 0 aliphatic carbocycles. The van der Waals surface area contributed by atoms with Crippen molar-refractivity contribution < 1.29 is 46.9 Å². The highest BCUT2D eigenvalue weighted by molar-refractivity contribution is 7.47. The fourth-order valence-electron chi connectivity index (χ4n) is 4.75. The highest BCUT2D eigenvalue weighted by Crippen LogP contribution is 2.45. The van der Waals surface area contributed by atoms with Gasteiger partial charge >= 0.3 is 7.82 Å². The fraction of sp³-hybridized carbons (Fsp3) is 1.00. The molecular weight excluding hydrogens is 623 g/mol. The maximum atomic E-state index is 12.5. The number of ether oxygens (including phenoxy) is 6. The summed E-state index contributed by atoms with van der Waals surface area (Å²) in [6, 6.07) is 0. The highest BCUT2D eigenvalue weighted by atomic mass is 31.2. The zero-order valence-electron chi connectivity index (χ0n) is 31.6. The van der Waals surface area contributed by atoms with E-state index in [1.54, 1.807) is 13.8 Å². The number of phosphoric acid groups is 1. The van der Waals surface area contributed by atoms with Gasteiger partial charge in [0.05, 0.1) is 76.3 Å². The first-order valence-corrected chi connectivity index (χ1v) is 20.3. The average Bonchev–Trinajstić information content (AvgIpc) is 3.02. The smallest absolute Gasteiger partial charge is 0.379 e. The van der Waals surface area contributed by atoms with Gasteiger partial charge in [0.2, 0.25) is 0 Å². The number of phosphoric ester groups is 1. The van der Waals surface area contributed by atoms with E-state index in [1.165, 1.54) is 77.0 Å². The fourth-order valence-corrected chi connectivity index (χ4v) is 5.83. The van der Waals surface area contributed by atoms with E-state index in [0.29, 0.717) is 26.4 Å². The number of rotatable bonds is 36. The number of hydrogen-bond donors (Lipinski definition) is 1. The molecule has 0 spiro atoms. The highest BCUT2D eigenvalue weighted by Gasteiger charge is 2.28. The summed E-state index contributed by atoms with van der Waals surface area (Å²) in [4.78, 5) is 10.2. The molecule has 6 atom stereocenters. The van der Waals surface area contributed by atoms with Crippen molar-refractivity contribution in [2.75, 3.05) is 52.9 Å². The Morgan fingerprint density at radius 2 is 0.702 bits per heavy atom. The van der Waals surface area contributed by atoms with Crippen molar-refractivity contribution in [3.8, 4) is 0 Å². The average molecular weight is 699 g/mol. The molecule has 0 aliphatic rings. The summed E-state index contributed by atoms with van der Waals surface area (Å²) in [5, 5.41) is 0. The van der Waals surface area contributed by atoms with E-state index >= 15 is 0 Å². The summed E-state index contributed by atoms with van der Waals surface area (Å²) in [6.07, 6.45) is 15.9. The summed E-state index contributed by atoms with van der Waals surface area (Å²) in [5.41, 5.74) is 0. The van der Waals surface area contributed by atoms with Gasteiger partial charge in [-0.15, -0.1) is 0 Å². The molecule has 0 rings (SSSR count). The van der Waals surface area contributed by atoms with Crippen molar-refractivity contribution in [1.82, 2.24) is 0 Å². The Labute approximate surface area is 289 Å². The van der Waals surface area contributed by atoms with E-state index < -0.39 is 20.0 Å². The monoisotopic (exact) mass is 699 g/mol. The Morgan fingerprint density at radius 1 is 0.426 bits per heavy atom. The molecule has 284 valence electrons. The van der Waals surface area contributed by atoms with Gasteiger partial charge in [0.25, 0.3) is 0 Å². The molecule has 0 aliphatic heterocycles. The summed E-state index contributed by atoms with van der Waals surface area (Å²) < 4.78 is 57.8. The summed E-state index contributed by atoms with van der Waals surface area (Å²) in [5.74, 6) is 0. The zero-order valence-corrected chi connectivity index (χ0v) is 32.5. The van der Waals surface area contributed by atoms with Crippen LogP contribution in [0.2, 0.25) is 0 Å². The topological polar surface area (TPSA) is 111 Å². The van der Waals surface area contributed by atoms with E-state index in [2.05, 4.69) is 13.8 Å². The van der Waals surface area contributed by atoms with Gasteiger partial charge in [-0.05, 0) is 54.4 Å². The molecular formula is C36H75O10P. The van der Waals surface area contributed by atoms with Gasteiger partial charge < -0.3 is 33.3 Å². The van der Waals surface area contributed by atoms with Gasteiger partial charge in [-0.2, -0.15) is 0 Å². The Kier molecular flexibility index (Phi) is 31.7. The minimum atomic E-state index is -4.30. The van der Waals surface area contributed by atoms with Crippen LogP contribution in [0.1, 0.15) is 145 Å². The quantitative estimate of drug-likeness (QED) is 0.0503. The number of hydrogen-bond acceptors (Lipinski definition) is 9. The normalized spacial score (nSPS) is 17.2. The molecule has 11 heteroatoms. The van der Waals surface area contributed by atoms with Crippen LogP contribution < -0.4 is 0 Å². The molecule has 47 heavy (non-hydrogen) atoms. The van der Waals surface area contributed by atoms with Crippen LogP contribution in [0.5, 0.6) is 0 Å². The van der Waals surface area contributed by atoms with E-state index in [-0.39, 0.29) is 37.6 Å². The minimum Gasteiger partial charge on any atom is -0.379 e. The van der Waals surface area contributed by atoms with Gasteiger partial charge in [0.1, 0.15) is 0 Å². The lowest BCUT2D eigenvalue weighted by Crippen LogP contribution is -2.27. The second kappa shape index (κ2) is 31.8. The predicted octanol–water partition coefficient (Wildman–Crippen LogP) is 9.05. The molecule has 1 N–H and O–H groups in total. The SMILES string of the molecule is CCCCCCCCCOCC(C)OCC(C)OCC(C)OP(=O)(O)OC(C)COC(C)COC(C)COCCCCCCCCC. The molecule has 0 aromatic carbocycles. The summed E-state index contributed by atoms with van der Waals surface area (Å²) >= 11 is 0. The molecule has 0 saturated heterocycles. The van der Waals surface area contributed by atoms with E-state index in [9.17, 15) is 9.46 Å². The predicted molar refractivity (Wildman–Crippen MR) is 190 cm³/mol. The Hall–Kier alpha value is -0.130. The molecule has 0 saturated carbocycles. The van der Waals surface area contributed by atoms with Crippen molar-refractivity contribution >= 4 is 7.82 Å². The molecule has 0 amide bonds. The third-order valence-electron chi connectivity index (χ3n) is 7.58. The lowest BCUT2D eigenvalue weighted by molar-refractivity contribution is -0.0765. The lowest BCUT2D eigenvalue weighted by atomic mass is 10.1. The molecule has 0 radical (unpaired) electrons. The van der Waals surface area contributed by atoms with E-state index in [1.807, 2.05) is 27.7 Å². The first-order valence-electron chi connectivity index (χ1n) is 18.8. The van der Waals surface area contributed by atoms with Crippen LogP contribution in [-0.4, -0.2) is 94.4 Å². The van der Waals surface area contributed by atoms with Crippen LogP contribution in [0.25, 0.3) is 0 Å². The molecule has 0 fully saturated rings. The third-order valence-corrected chi connectivity index (χ3v) is 8.83. The van der Waals surface area contributed by atoms with Gasteiger partial charge in [-0.3, -0.25) is 9.05 Å². The van der Waals surface area contributed by atoms with Crippen LogP contribution in [-0.2, 0) is 42.0 Å². The van der Waals surface area contributed by atoms with Crippen LogP contribution >= 0.6 is 7.82 Å². The molecule has 0 aromatic rings. The standard InChI is InChI=1S/C36H75O10P/c1-9-11-13-15-17-19-21-23-39-25-31(3)41-27-33(5)43-29-35(7)45-47(37,38)46-36(8)30-44-34(6)28-42-32(4)26-40-24-22-20-18-16-14-12-10-2/h31-36H,9-30H2,1-8H3,(H,37,38). The van der Waals surface area contributed by atoms with Gasteiger partial charge in [0, 0.05) is 13.2 Å². The minimum absolute atomic E-state index is 0.0368. The van der Waals surface area contributed by atoms with Crippen LogP contribution in [0, 0.1) is 0 Å². The lowest BCUT2D eigenvalue weighted by Gasteiger charge is -2.23. The van der Waals surface area contributed by atoms with Crippen molar-refractivity contribution in [2.45, 2.75) is 182 Å². The first kappa shape index (κ1) is 46.9. The second-order valence-electron chi connectivity index (χ2n) is 13.3. The maximum absolute atomic E-state index is 12.5.